The van der Waals surface area contributed by atoms with Gasteiger partial charge >= 0.3 is 5.97 Å². The summed E-state index contributed by atoms with van der Waals surface area (Å²) in [5.41, 5.74) is 0. The van der Waals surface area contributed by atoms with Crippen molar-refractivity contribution >= 4 is 17.8 Å². The first-order valence-electron chi connectivity index (χ1n) is 1.72. The third kappa shape index (κ3) is 3.51. The minimum Gasteiger partial charge on any atom is -0.354 e. The molecule has 0 amide bonds. The molecule has 0 aliphatic heterocycles. The summed E-state index contributed by atoms with van der Waals surface area (Å²) in [5.74, 6) is -0.659. The fourth-order valence-corrected chi connectivity index (χ4v) is 0.233. The lowest BCUT2D eigenvalue weighted by Gasteiger charge is -1.90. The zero-order valence-electron chi connectivity index (χ0n) is 3.96. The molecule has 8 heavy (non-hydrogen) atoms. The van der Waals surface area contributed by atoms with Crippen LogP contribution in [-0.4, -0.2) is 10.2 Å². The minimum absolute atomic E-state index is 0.441. The van der Waals surface area contributed by atoms with Gasteiger partial charge in [-0.2, -0.15) is 0 Å². The molecule has 0 saturated carbocycles. The summed E-state index contributed by atoms with van der Waals surface area (Å²) < 4.78 is 9.50. The predicted molar refractivity (Wildman–Crippen MR) is 29.0 cm³/mol. The third-order valence-corrected chi connectivity index (χ3v) is 0.516. The average molecular weight is 135 g/mol. The molecule has 4 nitrogen and oxygen atoms in total. The van der Waals surface area contributed by atoms with Gasteiger partial charge in [-0.15, -0.1) is 0 Å². The number of hydrogen-bond acceptors (Lipinski definition) is 3. The summed E-state index contributed by atoms with van der Waals surface area (Å²) >= 11 is -0.441. The molecule has 1 N–H and O–H groups in total. The first-order chi connectivity index (χ1) is 3.81. The Labute approximate surface area is 50.1 Å². The van der Waals surface area contributed by atoms with Gasteiger partial charge in [-0.05, 0) is 0 Å². The quantitative estimate of drug-likeness (QED) is 0.299. The molecule has 5 heteroatoms. The maximum Gasteiger partial charge on any atom is 0.349 e. The van der Waals surface area contributed by atoms with E-state index in [-0.39, 0.29) is 0 Å². The van der Waals surface area contributed by atoms with E-state index in [4.69, 9.17) is 0 Å². The summed E-state index contributed by atoms with van der Waals surface area (Å²) in [6, 6.07) is 0. The van der Waals surface area contributed by atoms with Crippen LogP contribution in [0, 0.1) is 0 Å². The van der Waals surface area contributed by atoms with Crippen LogP contribution in [0.3, 0.4) is 0 Å². The monoisotopic (exact) mass is 135 g/mol. The summed E-state index contributed by atoms with van der Waals surface area (Å²) in [5, 5.41) is 0. The Balaban J connectivity index is 3.24. The standard InChI is InChI=1S/C3H5NO3S/c1-2-3(5)7-4-8-6/h2,8H,1H2,(H,4,6). The van der Waals surface area contributed by atoms with Crippen molar-refractivity contribution in [2.45, 2.75) is 0 Å². The zero-order chi connectivity index (χ0) is 6.41. The van der Waals surface area contributed by atoms with Crippen LogP contribution in [0.15, 0.2) is 12.7 Å². The number of hydrogen-bond donors (Lipinski definition) is 2. The fraction of sp³-hybridized carbons (Fsp3) is 0. The first-order valence-corrected chi connectivity index (χ1v) is 2.53. The second kappa shape index (κ2) is 4.48. The van der Waals surface area contributed by atoms with Crippen LogP contribution in [0.5, 0.6) is 0 Å². The molecule has 0 aliphatic rings. The van der Waals surface area contributed by atoms with Crippen molar-refractivity contribution in [3.05, 3.63) is 12.7 Å². The molecular formula is C3H5NO3S. The van der Waals surface area contributed by atoms with Crippen molar-refractivity contribution in [2.75, 3.05) is 0 Å². The van der Waals surface area contributed by atoms with Crippen LogP contribution >= 0.6 is 0 Å². The van der Waals surface area contributed by atoms with Gasteiger partial charge in [0, 0.05) is 6.08 Å². The summed E-state index contributed by atoms with van der Waals surface area (Å²) in [6.45, 7) is 3.09. The summed E-state index contributed by atoms with van der Waals surface area (Å²) in [6.07, 6.45) is 0.957. The zero-order valence-corrected chi connectivity index (χ0v) is 4.85. The van der Waals surface area contributed by atoms with E-state index < -0.39 is 17.8 Å². The Bertz CT molecular complexity index is 113. The molecule has 0 fully saturated rings. The smallest absolute Gasteiger partial charge is 0.349 e. The normalized spacial score (nSPS) is 8.00. The van der Waals surface area contributed by atoms with Crippen LogP contribution < -0.4 is 4.89 Å². The molecule has 0 aliphatic carbocycles. The second-order valence-corrected chi connectivity index (χ2v) is 1.17. The van der Waals surface area contributed by atoms with Crippen LogP contribution in [0.4, 0.5) is 0 Å². The highest BCUT2D eigenvalue weighted by molar-refractivity contribution is 7.63. The van der Waals surface area contributed by atoms with Crippen molar-refractivity contribution in [1.29, 1.82) is 0 Å². The highest BCUT2D eigenvalue weighted by Gasteiger charge is 1.89. The van der Waals surface area contributed by atoms with Crippen LogP contribution in [0.2, 0.25) is 0 Å². The highest BCUT2D eigenvalue weighted by Crippen LogP contribution is 1.69. The largest absolute Gasteiger partial charge is 0.354 e. The molecule has 0 radical (unpaired) electrons. The Morgan fingerprint density at radius 1 is 1.88 bits per heavy atom. The lowest BCUT2D eigenvalue weighted by Crippen LogP contribution is -2.12. The molecule has 0 heterocycles. The van der Waals surface area contributed by atoms with E-state index in [9.17, 15) is 9.00 Å². The topological polar surface area (TPSA) is 55.4 Å². The van der Waals surface area contributed by atoms with Gasteiger partial charge in [0.05, 0.1) is 0 Å². The maximum absolute atomic E-state index is 10.0. The van der Waals surface area contributed by atoms with E-state index in [1.54, 1.807) is 4.89 Å². The van der Waals surface area contributed by atoms with Gasteiger partial charge < -0.3 is 4.84 Å². The number of nitrogens with one attached hydrogen (secondary N) is 1. The van der Waals surface area contributed by atoms with Gasteiger partial charge in [-0.1, -0.05) is 11.5 Å². The fourth-order valence-electron chi connectivity index (χ4n) is 0.105. The lowest BCUT2D eigenvalue weighted by atomic mass is 10.7. The molecule has 0 aromatic rings. The second-order valence-electron chi connectivity index (χ2n) is 0.808. The minimum atomic E-state index is -0.659. The van der Waals surface area contributed by atoms with E-state index >= 15 is 0 Å². The average Bonchev–Trinajstić information content (AvgIpc) is 1.83. The van der Waals surface area contributed by atoms with Gasteiger partial charge in [0.25, 0.3) is 0 Å². The van der Waals surface area contributed by atoms with E-state index in [2.05, 4.69) is 11.4 Å². The molecule has 0 aromatic carbocycles. The summed E-state index contributed by atoms with van der Waals surface area (Å²) in [7, 11) is 0. The van der Waals surface area contributed by atoms with Gasteiger partial charge in [-0.25, -0.2) is 9.00 Å². The Hall–Kier alpha value is -0.680. The number of rotatable bonds is 3. The van der Waals surface area contributed by atoms with Crippen molar-refractivity contribution in [2.24, 2.45) is 0 Å². The molecule has 0 saturated heterocycles. The molecule has 0 rings (SSSR count). The summed E-state index contributed by atoms with van der Waals surface area (Å²) in [4.78, 5) is 15.8. The van der Waals surface area contributed by atoms with Crippen molar-refractivity contribution < 1.29 is 13.8 Å². The van der Waals surface area contributed by atoms with E-state index in [0.29, 0.717) is 0 Å². The Morgan fingerprint density at radius 3 is 2.88 bits per heavy atom. The van der Waals surface area contributed by atoms with E-state index in [0.717, 1.165) is 6.08 Å². The molecule has 0 bridgehead atoms. The van der Waals surface area contributed by atoms with E-state index in [1.807, 2.05) is 0 Å². The first kappa shape index (κ1) is 7.32. The number of carbonyl (C=O) groups excluding carboxylic acids is 1. The van der Waals surface area contributed by atoms with E-state index in [1.165, 1.54) is 0 Å². The lowest BCUT2D eigenvalue weighted by molar-refractivity contribution is -0.140. The van der Waals surface area contributed by atoms with Crippen LogP contribution in [0.25, 0.3) is 0 Å². The third-order valence-electron chi connectivity index (χ3n) is 0.350. The Kier molecular flexibility index (Phi) is 4.10. The number of carbonyl (C=O) groups is 1. The molecule has 46 valence electrons. The van der Waals surface area contributed by atoms with Crippen molar-refractivity contribution in [3.63, 3.8) is 0 Å². The van der Waals surface area contributed by atoms with Crippen LogP contribution in [-0.2, 0) is 21.5 Å². The molecule has 0 aromatic heterocycles. The SMILES string of the molecule is C=CC(=O)ON[SH]=O. The molecular weight excluding hydrogens is 130 g/mol. The van der Waals surface area contributed by atoms with Crippen molar-refractivity contribution in [3.8, 4) is 0 Å². The van der Waals surface area contributed by atoms with Gasteiger partial charge in [0.2, 0.25) is 0 Å². The van der Waals surface area contributed by atoms with Crippen molar-refractivity contribution in [1.82, 2.24) is 4.89 Å². The molecule has 0 unspecified atom stereocenters. The van der Waals surface area contributed by atoms with Crippen LogP contribution in [0.1, 0.15) is 0 Å². The van der Waals surface area contributed by atoms with Gasteiger partial charge in [-0.3, -0.25) is 0 Å². The number of thiol groups is 1. The predicted octanol–water partition coefficient (Wildman–Crippen LogP) is -0.919. The van der Waals surface area contributed by atoms with Gasteiger partial charge in [0.15, 0.2) is 0 Å². The molecule has 0 atom stereocenters. The van der Waals surface area contributed by atoms with Gasteiger partial charge in [0.1, 0.15) is 11.9 Å². The maximum atomic E-state index is 10.0. The highest BCUT2D eigenvalue weighted by atomic mass is 32.2. The Morgan fingerprint density at radius 2 is 2.50 bits per heavy atom. The molecule has 0 spiro atoms.